The van der Waals surface area contributed by atoms with Gasteiger partial charge in [0.15, 0.2) is 0 Å². The van der Waals surface area contributed by atoms with Crippen molar-refractivity contribution in [2.75, 3.05) is 26.2 Å². The third-order valence-electron chi connectivity index (χ3n) is 4.25. The zero-order valence-corrected chi connectivity index (χ0v) is 10.4. The molecule has 15 heavy (non-hydrogen) atoms. The van der Waals surface area contributed by atoms with Gasteiger partial charge >= 0.3 is 0 Å². The maximum Gasteiger partial charge on any atom is 0.00180 e. The van der Waals surface area contributed by atoms with Gasteiger partial charge in [0, 0.05) is 19.6 Å². The van der Waals surface area contributed by atoms with Gasteiger partial charge in [0.2, 0.25) is 0 Å². The van der Waals surface area contributed by atoms with E-state index in [1.165, 1.54) is 58.3 Å². The van der Waals surface area contributed by atoms with E-state index < -0.39 is 0 Å². The minimum Gasteiger partial charge on any atom is -0.316 e. The first-order valence-electron chi connectivity index (χ1n) is 6.60. The first kappa shape index (κ1) is 11.4. The van der Waals surface area contributed by atoms with Gasteiger partial charge in [-0.1, -0.05) is 20.3 Å². The zero-order chi connectivity index (χ0) is 10.8. The summed E-state index contributed by atoms with van der Waals surface area (Å²) in [5, 5.41) is 7.18. The minimum atomic E-state index is 0.516. The molecule has 1 heterocycles. The van der Waals surface area contributed by atoms with Crippen molar-refractivity contribution >= 4 is 0 Å². The van der Waals surface area contributed by atoms with Gasteiger partial charge in [-0.2, -0.15) is 0 Å². The largest absolute Gasteiger partial charge is 0.316 e. The molecular weight excluding hydrogens is 184 g/mol. The van der Waals surface area contributed by atoms with Crippen molar-refractivity contribution in [1.29, 1.82) is 0 Å². The van der Waals surface area contributed by atoms with Crippen molar-refractivity contribution in [3.8, 4) is 0 Å². The summed E-state index contributed by atoms with van der Waals surface area (Å²) in [6.45, 7) is 9.57. The van der Waals surface area contributed by atoms with Gasteiger partial charge in [0.05, 0.1) is 0 Å². The maximum absolute atomic E-state index is 3.72. The molecule has 1 atom stereocenters. The maximum atomic E-state index is 3.72. The van der Waals surface area contributed by atoms with Crippen molar-refractivity contribution < 1.29 is 0 Å². The highest BCUT2D eigenvalue weighted by Gasteiger charge is 2.41. The Labute approximate surface area is 94.2 Å². The monoisotopic (exact) mass is 210 g/mol. The average molecular weight is 210 g/mol. The lowest BCUT2D eigenvalue weighted by Crippen LogP contribution is -2.36. The highest BCUT2D eigenvalue weighted by molar-refractivity contribution is 4.95. The van der Waals surface area contributed by atoms with E-state index in [1.807, 2.05) is 0 Å². The molecule has 2 fully saturated rings. The van der Waals surface area contributed by atoms with E-state index in [9.17, 15) is 0 Å². The van der Waals surface area contributed by atoms with Crippen molar-refractivity contribution in [3.05, 3.63) is 0 Å². The Bertz CT molecular complexity index is 203. The fourth-order valence-electron chi connectivity index (χ4n) is 2.87. The van der Waals surface area contributed by atoms with Crippen LogP contribution in [-0.4, -0.2) is 26.2 Å². The van der Waals surface area contributed by atoms with Crippen molar-refractivity contribution in [3.63, 3.8) is 0 Å². The van der Waals surface area contributed by atoms with Crippen molar-refractivity contribution in [1.82, 2.24) is 10.6 Å². The van der Waals surface area contributed by atoms with Crippen molar-refractivity contribution in [2.24, 2.45) is 10.8 Å². The fourth-order valence-corrected chi connectivity index (χ4v) is 2.87. The van der Waals surface area contributed by atoms with Crippen LogP contribution in [-0.2, 0) is 0 Å². The second kappa shape index (κ2) is 4.42. The van der Waals surface area contributed by atoms with E-state index in [4.69, 9.17) is 0 Å². The van der Waals surface area contributed by atoms with Crippen LogP contribution >= 0.6 is 0 Å². The summed E-state index contributed by atoms with van der Waals surface area (Å²) in [7, 11) is 0. The van der Waals surface area contributed by atoms with E-state index in [1.54, 1.807) is 0 Å². The highest BCUT2D eigenvalue weighted by atomic mass is 15.0. The Morgan fingerprint density at radius 1 is 1.20 bits per heavy atom. The molecule has 0 radical (unpaired) electrons. The van der Waals surface area contributed by atoms with Gasteiger partial charge in [-0.25, -0.2) is 0 Å². The summed E-state index contributed by atoms with van der Waals surface area (Å²) in [4.78, 5) is 0. The molecule has 1 saturated carbocycles. The van der Waals surface area contributed by atoms with Gasteiger partial charge in [-0.3, -0.25) is 0 Å². The zero-order valence-electron chi connectivity index (χ0n) is 10.4. The Kier molecular flexibility index (Phi) is 3.36. The van der Waals surface area contributed by atoms with Crippen molar-refractivity contribution in [2.45, 2.75) is 46.0 Å². The first-order chi connectivity index (χ1) is 7.18. The third-order valence-corrected chi connectivity index (χ3v) is 4.25. The topological polar surface area (TPSA) is 24.1 Å². The second-order valence-electron chi connectivity index (χ2n) is 6.09. The summed E-state index contributed by atoms with van der Waals surface area (Å²) in [5.74, 6) is 0. The molecule has 0 aromatic heterocycles. The standard InChI is InChI=1S/C13H26N2/c1-3-4-13(5-6-13)11-15-10-12(2)7-8-14-9-12/h14-15H,3-11H2,1-2H3. The Morgan fingerprint density at radius 2 is 2.00 bits per heavy atom. The molecule has 2 aliphatic rings. The number of nitrogens with one attached hydrogen (secondary N) is 2. The van der Waals surface area contributed by atoms with Gasteiger partial charge in [-0.15, -0.1) is 0 Å². The van der Waals surface area contributed by atoms with Crippen LogP contribution < -0.4 is 10.6 Å². The SMILES string of the molecule is CCCC1(CNCC2(C)CCNC2)CC1. The normalized spacial score (nSPS) is 33.2. The molecule has 2 rings (SSSR count). The Morgan fingerprint density at radius 3 is 2.53 bits per heavy atom. The molecule has 0 amide bonds. The van der Waals surface area contributed by atoms with E-state index in [2.05, 4.69) is 24.5 Å². The van der Waals surface area contributed by atoms with Crippen LogP contribution in [0, 0.1) is 10.8 Å². The Balaban J connectivity index is 1.66. The van der Waals surface area contributed by atoms with E-state index >= 15 is 0 Å². The van der Waals surface area contributed by atoms with E-state index in [0.717, 1.165) is 0 Å². The van der Waals surface area contributed by atoms with Gasteiger partial charge in [0.1, 0.15) is 0 Å². The Hall–Kier alpha value is -0.0800. The lowest BCUT2D eigenvalue weighted by atomic mass is 9.89. The molecule has 0 spiro atoms. The molecule has 0 bridgehead atoms. The summed E-state index contributed by atoms with van der Waals surface area (Å²) in [6, 6.07) is 0. The third kappa shape index (κ3) is 2.94. The second-order valence-corrected chi connectivity index (χ2v) is 6.09. The van der Waals surface area contributed by atoms with Crippen LogP contribution in [0.4, 0.5) is 0 Å². The predicted octanol–water partition coefficient (Wildman–Crippen LogP) is 2.16. The van der Waals surface area contributed by atoms with Crippen LogP contribution in [0.5, 0.6) is 0 Å². The summed E-state index contributed by atoms with van der Waals surface area (Å²) < 4.78 is 0. The lowest BCUT2D eigenvalue weighted by Gasteiger charge is -2.25. The van der Waals surface area contributed by atoms with E-state index in [-0.39, 0.29) is 0 Å². The molecule has 1 aliphatic carbocycles. The molecule has 2 nitrogen and oxygen atoms in total. The molecule has 0 aromatic carbocycles. The average Bonchev–Trinajstić information content (AvgIpc) is 2.81. The van der Waals surface area contributed by atoms with Gasteiger partial charge in [0.25, 0.3) is 0 Å². The van der Waals surface area contributed by atoms with Crippen LogP contribution in [0.1, 0.15) is 46.0 Å². The molecule has 2 heteroatoms. The quantitative estimate of drug-likeness (QED) is 0.702. The molecule has 2 N–H and O–H groups in total. The molecule has 1 aliphatic heterocycles. The van der Waals surface area contributed by atoms with Gasteiger partial charge in [-0.05, 0) is 43.1 Å². The summed E-state index contributed by atoms with van der Waals surface area (Å²) >= 11 is 0. The molecule has 0 aromatic rings. The summed E-state index contributed by atoms with van der Waals surface area (Å²) in [6.07, 6.45) is 7.03. The molecule has 1 unspecified atom stereocenters. The fraction of sp³-hybridized carbons (Fsp3) is 1.00. The highest BCUT2D eigenvalue weighted by Crippen LogP contribution is 2.49. The number of rotatable bonds is 6. The number of hydrogen-bond donors (Lipinski definition) is 2. The lowest BCUT2D eigenvalue weighted by molar-refractivity contribution is 0.314. The predicted molar refractivity (Wildman–Crippen MR) is 65.0 cm³/mol. The van der Waals surface area contributed by atoms with Crippen LogP contribution in [0.2, 0.25) is 0 Å². The van der Waals surface area contributed by atoms with Crippen LogP contribution in [0.25, 0.3) is 0 Å². The smallest absolute Gasteiger partial charge is 0.00180 e. The first-order valence-corrected chi connectivity index (χ1v) is 6.60. The summed E-state index contributed by atoms with van der Waals surface area (Å²) in [5.41, 5.74) is 1.22. The minimum absolute atomic E-state index is 0.516. The van der Waals surface area contributed by atoms with Crippen LogP contribution in [0.15, 0.2) is 0 Å². The molecule has 88 valence electrons. The molecular formula is C13H26N2. The molecule has 1 saturated heterocycles. The van der Waals surface area contributed by atoms with E-state index in [0.29, 0.717) is 10.8 Å². The number of hydrogen-bond acceptors (Lipinski definition) is 2. The van der Waals surface area contributed by atoms with Gasteiger partial charge < -0.3 is 10.6 Å². The van der Waals surface area contributed by atoms with Crippen LogP contribution in [0.3, 0.4) is 0 Å².